The first-order valence-electron chi connectivity index (χ1n) is 2.12. The second-order valence-electron chi connectivity index (χ2n) is 1.17. The summed E-state index contributed by atoms with van der Waals surface area (Å²) in [7, 11) is 0. The van der Waals surface area contributed by atoms with Crippen molar-refractivity contribution in [1.29, 1.82) is 0 Å². The van der Waals surface area contributed by atoms with Crippen molar-refractivity contribution in [2.24, 2.45) is 0 Å². The van der Waals surface area contributed by atoms with Crippen LogP contribution in [0.15, 0.2) is 24.0 Å². The van der Waals surface area contributed by atoms with Gasteiger partial charge in [-0.2, -0.15) is 0 Å². The molecule has 0 bridgehead atoms. The van der Waals surface area contributed by atoms with E-state index in [0.29, 0.717) is 0 Å². The summed E-state index contributed by atoms with van der Waals surface area (Å²) in [6, 6.07) is 0. The summed E-state index contributed by atoms with van der Waals surface area (Å²) in [6.45, 7) is 0. The second-order valence-corrected chi connectivity index (χ2v) is 1.17. The van der Waals surface area contributed by atoms with Gasteiger partial charge in [-0.1, -0.05) is 0 Å². The maximum absolute atomic E-state index is 8.17. The molecule has 0 rings (SSSR count). The van der Waals surface area contributed by atoms with E-state index in [9.17, 15) is 0 Å². The Hall–Kier alpha value is -1.40. The maximum Gasteiger partial charge on any atom is 0.248 e. The number of hydrogen-bond donors (Lipinski definition) is 4. The molecule has 0 aromatic rings. The highest BCUT2D eigenvalue weighted by molar-refractivity contribution is 5.14. The van der Waals surface area contributed by atoms with Gasteiger partial charge in [0.05, 0.1) is 0 Å². The number of aliphatic hydroxyl groups is 2. The molecule has 0 spiro atoms. The van der Waals surface area contributed by atoms with E-state index in [1.54, 1.807) is 0 Å². The van der Waals surface area contributed by atoms with Crippen molar-refractivity contribution < 1.29 is 30.5 Å². The van der Waals surface area contributed by atoms with Gasteiger partial charge in [-0.3, -0.25) is 0 Å². The van der Waals surface area contributed by atoms with E-state index >= 15 is 0 Å². The first kappa shape index (κ1) is 8.60. The normalized spacial score (nSPS) is 13.0. The predicted molar refractivity (Wildman–Crippen MR) is 28.9 cm³/mol. The minimum absolute atomic E-state index is 0.290. The Morgan fingerprint density at radius 2 is 1.20 bits per heavy atom. The summed E-state index contributed by atoms with van der Waals surface area (Å²) in [4.78, 5) is 6.88. The van der Waals surface area contributed by atoms with Gasteiger partial charge < -0.3 is 20.0 Å². The molecular weight excluding hydrogens is 144 g/mol. The predicted octanol–water partition coefficient (Wildman–Crippen LogP) is 0.764. The number of hydrogen-bond acceptors (Lipinski definition) is 6. The molecule has 0 radical (unpaired) electrons. The summed E-state index contributed by atoms with van der Waals surface area (Å²) >= 11 is 0. The second kappa shape index (κ2) is 4.48. The van der Waals surface area contributed by atoms with E-state index in [0.717, 1.165) is 0 Å². The lowest BCUT2D eigenvalue weighted by atomic mass is 10.5. The van der Waals surface area contributed by atoms with Crippen LogP contribution in [-0.2, 0) is 9.78 Å². The topological polar surface area (TPSA) is 99.4 Å². The van der Waals surface area contributed by atoms with Crippen LogP contribution in [0.1, 0.15) is 0 Å². The van der Waals surface area contributed by atoms with Gasteiger partial charge in [-0.25, -0.2) is 10.5 Å². The lowest BCUT2D eigenvalue weighted by molar-refractivity contribution is -0.241. The Balaban J connectivity index is 4.27. The summed E-state index contributed by atoms with van der Waals surface area (Å²) < 4.78 is 0. The van der Waals surface area contributed by atoms with Gasteiger partial charge in [0.25, 0.3) is 0 Å². The summed E-state index contributed by atoms with van der Waals surface area (Å²) in [6.07, 6.45) is 0.580. The highest BCUT2D eigenvalue weighted by Gasteiger charge is 2.08. The molecule has 58 valence electrons. The van der Waals surface area contributed by atoms with Crippen LogP contribution >= 0.6 is 0 Å². The third-order valence-corrected chi connectivity index (χ3v) is 0.674. The van der Waals surface area contributed by atoms with Crippen LogP contribution in [0, 0.1) is 0 Å². The van der Waals surface area contributed by atoms with Crippen LogP contribution in [0.3, 0.4) is 0 Å². The Kier molecular flexibility index (Phi) is 3.85. The van der Waals surface area contributed by atoms with Crippen molar-refractivity contribution in [1.82, 2.24) is 0 Å². The molecule has 6 nitrogen and oxygen atoms in total. The molecule has 10 heavy (non-hydrogen) atoms. The maximum atomic E-state index is 8.17. The van der Waals surface area contributed by atoms with Crippen molar-refractivity contribution in [2.45, 2.75) is 0 Å². The number of rotatable bonds is 3. The minimum atomic E-state index is -0.620. The fourth-order valence-corrected chi connectivity index (χ4v) is 0.264. The van der Waals surface area contributed by atoms with E-state index in [-0.39, 0.29) is 12.5 Å². The van der Waals surface area contributed by atoms with Gasteiger partial charge in [0.1, 0.15) is 12.5 Å². The monoisotopic (exact) mass is 150 g/mol. The first-order chi connectivity index (χ1) is 4.79. The Morgan fingerprint density at radius 3 is 1.30 bits per heavy atom. The molecule has 0 aromatic carbocycles. The van der Waals surface area contributed by atoms with E-state index in [4.69, 9.17) is 20.7 Å². The quantitative estimate of drug-likeness (QED) is 0.205. The third kappa shape index (κ3) is 1.84. The fraction of sp³-hybridized carbons (Fsp3) is 0. The van der Waals surface area contributed by atoms with E-state index in [1.807, 2.05) is 0 Å². The molecule has 0 aromatic heterocycles. The zero-order chi connectivity index (χ0) is 7.98. The third-order valence-electron chi connectivity index (χ3n) is 0.674. The molecule has 0 aliphatic rings. The summed E-state index contributed by atoms with van der Waals surface area (Å²) in [5, 5.41) is 32.1. The molecule has 0 aliphatic heterocycles. The molecule has 4 N–H and O–H groups in total. The van der Waals surface area contributed by atoms with Crippen LogP contribution in [0.25, 0.3) is 0 Å². The Morgan fingerprint density at radius 1 is 0.900 bits per heavy atom. The molecule has 0 unspecified atom stereocenters. The zero-order valence-corrected chi connectivity index (χ0v) is 4.76. The minimum Gasteiger partial charge on any atom is -0.511 e. The molecular formula is C4H6O6. The Labute approximate surface area is 55.7 Å². The van der Waals surface area contributed by atoms with Gasteiger partial charge >= 0.3 is 0 Å². The van der Waals surface area contributed by atoms with Crippen molar-refractivity contribution in [3.8, 4) is 0 Å². The van der Waals surface area contributed by atoms with Crippen molar-refractivity contribution in [2.75, 3.05) is 0 Å². The zero-order valence-electron chi connectivity index (χ0n) is 4.76. The van der Waals surface area contributed by atoms with Gasteiger partial charge in [-0.15, -0.1) is 0 Å². The van der Waals surface area contributed by atoms with Crippen LogP contribution < -0.4 is 0 Å². The fourth-order valence-electron chi connectivity index (χ4n) is 0.264. The van der Waals surface area contributed by atoms with Crippen LogP contribution in [0.2, 0.25) is 0 Å². The van der Waals surface area contributed by atoms with Crippen molar-refractivity contribution >= 4 is 0 Å². The lowest BCUT2D eigenvalue weighted by Gasteiger charge is -2.00. The first-order valence-corrected chi connectivity index (χ1v) is 2.12. The van der Waals surface area contributed by atoms with Gasteiger partial charge in [0.15, 0.2) is 0 Å². The SMILES string of the molecule is O/C=C(OO)/C(=C/O)OO. The molecule has 0 saturated heterocycles. The van der Waals surface area contributed by atoms with E-state index in [2.05, 4.69) is 9.78 Å². The molecule has 0 aliphatic carbocycles. The summed E-state index contributed by atoms with van der Waals surface area (Å²) in [5.74, 6) is -1.24. The van der Waals surface area contributed by atoms with Crippen molar-refractivity contribution in [3.05, 3.63) is 24.0 Å². The molecule has 0 amide bonds. The Bertz CT molecular complexity index is 130. The number of aliphatic hydroxyl groups excluding tert-OH is 2. The van der Waals surface area contributed by atoms with Crippen LogP contribution in [0.4, 0.5) is 0 Å². The average molecular weight is 150 g/mol. The molecule has 0 heterocycles. The van der Waals surface area contributed by atoms with Crippen LogP contribution in [0.5, 0.6) is 0 Å². The largest absolute Gasteiger partial charge is 0.511 e. The highest BCUT2D eigenvalue weighted by atomic mass is 17.1. The van der Waals surface area contributed by atoms with Gasteiger partial charge in [-0.05, 0) is 0 Å². The molecule has 0 atom stereocenters. The van der Waals surface area contributed by atoms with Gasteiger partial charge in [0.2, 0.25) is 11.5 Å². The molecule has 0 fully saturated rings. The lowest BCUT2D eigenvalue weighted by Crippen LogP contribution is -1.95. The molecule has 0 saturated carbocycles. The van der Waals surface area contributed by atoms with Crippen LogP contribution in [-0.4, -0.2) is 20.7 Å². The highest BCUT2D eigenvalue weighted by Crippen LogP contribution is 2.08. The summed E-state index contributed by atoms with van der Waals surface area (Å²) in [5.41, 5.74) is 0. The smallest absolute Gasteiger partial charge is 0.248 e. The van der Waals surface area contributed by atoms with Gasteiger partial charge in [0, 0.05) is 0 Å². The molecule has 6 heteroatoms. The van der Waals surface area contributed by atoms with E-state index < -0.39 is 11.5 Å². The van der Waals surface area contributed by atoms with Crippen molar-refractivity contribution in [3.63, 3.8) is 0 Å². The average Bonchev–Trinajstić information content (AvgIpc) is 2.00. The van der Waals surface area contributed by atoms with E-state index in [1.165, 1.54) is 0 Å². The standard InChI is InChI=1S/C4H6O6/c5-1-3(9-7)4(2-6)10-8/h1-2,5-8H/b3-1-,4-2-.